The summed E-state index contributed by atoms with van der Waals surface area (Å²) in [6.07, 6.45) is 1.78. The van der Waals surface area contributed by atoms with E-state index < -0.39 is 6.10 Å². The van der Waals surface area contributed by atoms with Crippen molar-refractivity contribution >= 4 is 21.4 Å². The largest absolute Gasteiger partial charge is 0.391 e. The first-order chi connectivity index (χ1) is 7.22. The first-order valence-electron chi connectivity index (χ1n) is 4.83. The Kier molecular flexibility index (Phi) is 2.83. The summed E-state index contributed by atoms with van der Waals surface area (Å²) >= 11 is 1.50. The van der Waals surface area contributed by atoms with Crippen molar-refractivity contribution in [2.24, 2.45) is 0 Å². The molecule has 0 bridgehead atoms. The number of hydrogen-bond donors (Lipinski definition) is 1. The lowest BCUT2D eigenvalue weighted by molar-refractivity contribution is 0.143. The fraction of sp³-hybridized carbons (Fsp3) is 0.400. The Hall–Kier alpha value is -1.20. The molecule has 2 aromatic rings. The van der Waals surface area contributed by atoms with Crippen molar-refractivity contribution in [1.82, 2.24) is 9.78 Å². The van der Waals surface area contributed by atoms with Crippen molar-refractivity contribution in [3.8, 4) is 0 Å². The van der Waals surface area contributed by atoms with Crippen LogP contribution < -0.4 is 5.56 Å². The van der Waals surface area contributed by atoms with E-state index in [9.17, 15) is 9.90 Å². The molecule has 2 rings (SSSR count). The molecule has 2 aromatic heterocycles. The Morgan fingerprint density at radius 1 is 1.67 bits per heavy atom. The van der Waals surface area contributed by atoms with Crippen LogP contribution in [-0.2, 0) is 6.54 Å². The second-order valence-corrected chi connectivity index (χ2v) is 4.34. The van der Waals surface area contributed by atoms with Gasteiger partial charge in [-0.05, 0) is 17.9 Å². The number of fused-ring (bicyclic) bond motifs is 1. The molecule has 2 heterocycles. The second-order valence-electron chi connectivity index (χ2n) is 3.39. The normalized spacial score (nSPS) is 13.2. The van der Waals surface area contributed by atoms with E-state index in [1.54, 1.807) is 12.3 Å². The molecule has 1 N–H and O–H groups in total. The number of aromatic nitrogens is 2. The van der Waals surface area contributed by atoms with Crippen molar-refractivity contribution in [1.29, 1.82) is 0 Å². The molecule has 0 radical (unpaired) electrons. The van der Waals surface area contributed by atoms with Gasteiger partial charge in [-0.3, -0.25) is 4.79 Å². The quantitative estimate of drug-likeness (QED) is 0.853. The van der Waals surface area contributed by atoms with Crippen LogP contribution in [0.1, 0.15) is 13.3 Å². The van der Waals surface area contributed by atoms with E-state index in [2.05, 4.69) is 5.10 Å². The van der Waals surface area contributed by atoms with Crippen LogP contribution in [-0.4, -0.2) is 21.0 Å². The minimum Gasteiger partial charge on any atom is -0.391 e. The molecule has 0 aliphatic carbocycles. The van der Waals surface area contributed by atoms with Gasteiger partial charge in [-0.1, -0.05) is 6.92 Å². The number of aliphatic hydroxyl groups is 1. The summed E-state index contributed by atoms with van der Waals surface area (Å²) < 4.78 is 2.21. The third-order valence-electron chi connectivity index (χ3n) is 2.33. The average Bonchev–Trinajstić information content (AvgIpc) is 2.70. The maximum absolute atomic E-state index is 11.8. The minimum absolute atomic E-state index is 0.124. The minimum atomic E-state index is -0.508. The van der Waals surface area contributed by atoms with E-state index in [0.717, 1.165) is 4.70 Å². The molecule has 4 nitrogen and oxygen atoms in total. The van der Waals surface area contributed by atoms with Crippen LogP contribution in [0.3, 0.4) is 0 Å². The number of rotatable bonds is 3. The zero-order chi connectivity index (χ0) is 10.8. The summed E-state index contributed by atoms with van der Waals surface area (Å²) in [5, 5.41) is 16.0. The fourth-order valence-corrected chi connectivity index (χ4v) is 2.11. The third kappa shape index (κ3) is 1.93. The monoisotopic (exact) mass is 224 g/mol. The van der Waals surface area contributed by atoms with Gasteiger partial charge in [0.15, 0.2) is 0 Å². The molecule has 0 fully saturated rings. The molecular formula is C10H12N2O2S. The molecule has 0 amide bonds. The van der Waals surface area contributed by atoms with Gasteiger partial charge in [0, 0.05) is 0 Å². The highest BCUT2D eigenvalue weighted by molar-refractivity contribution is 7.17. The topological polar surface area (TPSA) is 55.1 Å². The van der Waals surface area contributed by atoms with Crippen LogP contribution in [0.15, 0.2) is 22.4 Å². The molecule has 1 atom stereocenters. The van der Waals surface area contributed by atoms with Crippen LogP contribution in [0.2, 0.25) is 0 Å². The molecule has 80 valence electrons. The van der Waals surface area contributed by atoms with Gasteiger partial charge >= 0.3 is 0 Å². The number of thiophene rings is 1. The van der Waals surface area contributed by atoms with E-state index in [1.165, 1.54) is 16.0 Å². The highest BCUT2D eigenvalue weighted by atomic mass is 32.1. The highest BCUT2D eigenvalue weighted by Gasteiger charge is 2.08. The molecule has 0 aromatic carbocycles. The van der Waals surface area contributed by atoms with Gasteiger partial charge in [0.25, 0.3) is 5.56 Å². The molecule has 0 spiro atoms. The van der Waals surface area contributed by atoms with Gasteiger partial charge in [0.05, 0.1) is 28.9 Å². The van der Waals surface area contributed by atoms with Crippen molar-refractivity contribution in [2.75, 3.05) is 0 Å². The average molecular weight is 224 g/mol. The summed E-state index contributed by atoms with van der Waals surface area (Å²) in [6, 6.07) is 1.79. The Balaban J connectivity index is 2.44. The van der Waals surface area contributed by atoms with Gasteiger partial charge in [0.1, 0.15) is 0 Å². The van der Waals surface area contributed by atoms with Gasteiger partial charge < -0.3 is 5.11 Å². The maximum Gasteiger partial charge on any atom is 0.275 e. The summed E-state index contributed by atoms with van der Waals surface area (Å²) in [7, 11) is 0. The number of aliphatic hydroxyl groups excluding tert-OH is 1. The van der Waals surface area contributed by atoms with Crippen molar-refractivity contribution in [3.63, 3.8) is 0 Å². The van der Waals surface area contributed by atoms with E-state index in [0.29, 0.717) is 11.8 Å². The third-order valence-corrected chi connectivity index (χ3v) is 3.18. The standard InChI is InChI=1S/C10H12N2O2S/c1-2-7(13)6-12-10(14)8-3-4-15-9(8)5-11-12/h3-5,7,13H,2,6H2,1H3. The zero-order valence-corrected chi connectivity index (χ0v) is 9.20. The lowest BCUT2D eigenvalue weighted by Gasteiger charge is -2.08. The van der Waals surface area contributed by atoms with Gasteiger partial charge in [-0.2, -0.15) is 5.10 Å². The van der Waals surface area contributed by atoms with Crippen LogP contribution in [0.25, 0.3) is 10.1 Å². The highest BCUT2D eigenvalue weighted by Crippen LogP contribution is 2.15. The SMILES string of the molecule is CCC(O)Cn1ncc2sccc2c1=O. The predicted molar refractivity (Wildman–Crippen MR) is 60.2 cm³/mol. The van der Waals surface area contributed by atoms with Crippen LogP contribution in [0, 0.1) is 0 Å². The Bertz CT molecular complexity index is 517. The molecule has 1 unspecified atom stereocenters. The molecule has 0 aliphatic rings. The van der Waals surface area contributed by atoms with Gasteiger partial charge in [-0.25, -0.2) is 4.68 Å². The zero-order valence-electron chi connectivity index (χ0n) is 8.38. The van der Waals surface area contributed by atoms with E-state index in [1.807, 2.05) is 12.3 Å². The lowest BCUT2D eigenvalue weighted by Crippen LogP contribution is -2.28. The van der Waals surface area contributed by atoms with Crippen LogP contribution in [0.4, 0.5) is 0 Å². The predicted octanol–water partition coefficient (Wildman–Crippen LogP) is 1.23. The summed E-state index contributed by atoms with van der Waals surface area (Å²) in [5.74, 6) is 0. The first-order valence-corrected chi connectivity index (χ1v) is 5.71. The lowest BCUT2D eigenvalue weighted by atomic mass is 10.3. The number of nitrogens with zero attached hydrogens (tertiary/aromatic N) is 2. The molecular weight excluding hydrogens is 212 g/mol. The molecule has 0 saturated heterocycles. The second kappa shape index (κ2) is 4.12. The van der Waals surface area contributed by atoms with Crippen LogP contribution >= 0.6 is 11.3 Å². The van der Waals surface area contributed by atoms with Gasteiger partial charge in [0.2, 0.25) is 0 Å². The van der Waals surface area contributed by atoms with E-state index in [-0.39, 0.29) is 12.1 Å². The maximum atomic E-state index is 11.8. The van der Waals surface area contributed by atoms with Crippen LogP contribution in [0.5, 0.6) is 0 Å². The van der Waals surface area contributed by atoms with Crippen molar-refractivity contribution in [3.05, 3.63) is 28.0 Å². The van der Waals surface area contributed by atoms with Crippen molar-refractivity contribution < 1.29 is 5.11 Å². The summed E-state index contributed by atoms with van der Waals surface area (Å²) in [6.45, 7) is 2.14. The summed E-state index contributed by atoms with van der Waals surface area (Å²) in [4.78, 5) is 11.8. The van der Waals surface area contributed by atoms with Gasteiger partial charge in [-0.15, -0.1) is 11.3 Å². The van der Waals surface area contributed by atoms with Crippen molar-refractivity contribution in [2.45, 2.75) is 26.0 Å². The Morgan fingerprint density at radius 2 is 2.47 bits per heavy atom. The molecule has 5 heteroatoms. The first kappa shape index (κ1) is 10.3. The smallest absolute Gasteiger partial charge is 0.275 e. The fourth-order valence-electron chi connectivity index (χ4n) is 1.37. The Morgan fingerprint density at radius 3 is 3.20 bits per heavy atom. The Labute approximate surface area is 90.8 Å². The summed E-state index contributed by atoms with van der Waals surface area (Å²) in [5.41, 5.74) is -0.124. The number of hydrogen-bond acceptors (Lipinski definition) is 4. The molecule has 0 saturated carbocycles. The molecule has 15 heavy (non-hydrogen) atoms. The molecule has 0 aliphatic heterocycles. The van der Waals surface area contributed by atoms with E-state index in [4.69, 9.17) is 0 Å². The van der Waals surface area contributed by atoms with E-state index >= 15 is 0 Å².